The van der Waals surface area contributed by atoms with Crippen molar-refractivity contribution in [2.45, 2.75) is 46.7 Å². The van der Waals surface area contributed by atoms with E-state index < -0.39 is 0 Å². The van der Waals surface area contributed by atoms with Crippen molar-refractivity contribution in [3.8, 4) is 0 Å². The van der Waals surface area contributed by atoms with Gasteiger partial charge in [-0.1, -0.05) is 13.8 Å². The predicted molar refractivity (Wildman–Crippen MR) is 89.0 cm³/mol. The van der Waals surface area contributed by atoms with Crippen molar-refractivity contribution in [3.63, 3.8) is 0 Å². The molecule has 0 aromatic rings. The molecule has 0 heterocycles. The Balaban J connectivity index is -0.000000206. The summed E-state index contributed by atoms with van der Waals surface area (Å²) in [7, 11) is 0. The third-order valence-electron chi connectivity index (χ3n) is 2.41. The molecule has 0 bridgehead atoms. The van der Waals surface area contributed by atoms with Gasteiger partial charge in [0.25, 0.3) is 0 Å². The van der Waals surface area contributed by atoms with Gasteiger partial charge in [0.2, 0.25) is 0 Å². The zero-order chi connectivity index (χ0) is 13.3. The molecule has 0 saturated carbocycles. The molecule has 2 aliphatic carbocycles. The second-order valence-corrected chi connectivity index (χ2v) is 17.2. The molecule has 0 atom stereocenters. The molecule has 0 aromatic heterocycles. The first-order valence-electron chi connectivity index (χ1n) is 5.92. The number of hydrogen-bond donors (Lipinski definition) is 0. The van der Waals surface area contributed by atoms with Gasteiger partial charge in [0.05, 0.1) is 0 Å². The van der Waals surface area contributed by atoms with Crippen LogP contribution < -0.4 is 0 Å². The quantitative estimate of drug-likeness (QED) is 0.321. The minimum absolute atomic E-state index is 0. The van der Waals surface area contributed by atoms with Crippen LogP contribution in [-0.2, 0) is 23.0 Å². The molecule has 106 valence electrons. The normalized spacial score (nSPS) is 14.4. The van der Waals surface area contributed by atoms with E-state index in [1.54, 1.807) is 0 Å². The van der Waals surface area contributed by atoms with E-state index in [-0.39, 0.29) is 30.3 Å². The van der Waals surface area contributed by atoms with Crippen molar-refractivity contribution in [1.82, 2.24) is 0 Å². The number of rotatable bonds is 0. The molecule has 0 aromatic carbocycles. The molecular formula is C15H24Cl2HfSi. The Morgan fingerprint density at radius 2 is 1.68 bits per heavy atom. The predicted octanol–water partition coefficient (Wildman–Crippen LogP) is 5.41. The van der Waals surface area contributed by atoms with E-state index in [4.69, 9.17) is 0 Å². The summed E-state index contributed by atoms with van der Waals surface area (Å²) in [5, 5.41) is 0. The smallest absolute Gasteiger partial charge is 0.109 e. The topological polar surface area (TPSA) is 0 Å². The number of hydrogen-bond acceptors (Lipinski definition) is 0. The van der Waals surface area contributed by atoms with Crippen LogP contribution >= 0.6 is 24.8 Å². The Bertz CT molecular complexity index is 360. The van der Waals surface area contributed by atoms with E-state index >= 15 is 0 Å². The van der Waals surface area contributed by atoms with E-state index in [0.29, 0.717) is 0 Å². The molecule has 2 rings (SSSR count). The fraction of sp³-hybridized carbons (Fsp3) is 0.467. The molecule has 0 amide bonds. The summed E-state index contributed by atoms with van der Waals surface area (Å²) in [5.41, 5.74) is 4.50. The third kappa shape index (κ3) is 14.8. The minimum atomic E-state index is 0. The summed E-state index contributed by atoms with van der Waals surface area (Å²) in [5.74, 6) is 0. The molecule has 0 radical (unpaired) electrons. The largest absolute Gasteiger partial charge is 0.273 e. The number of allylic oxidation sites excluding steroid dienone is 8. The average Bonchev–Trinajstić information content (AvgIpc) is 2.88. The van der Waals surface area contributed by atoms with Crippen LogP contribution in [0.1, 0.15) is 33.6 Å². The summed E-state index contributed by atoms with van der Waals surface area (Å²) in [4.78, 5) is 0. The molecule has 0 saturated heterocycles. The Labute approximate surface area is 146 Å². The maximum atomic E-state index is 3.26. The van der Waals surface area contributed by atoms with Gasteiger partial charge in [-0.05, 0) is 0 Å². The van der Waals surface area contributed by atoms with Gasteiger partial charge in [-0.25, -0.2) is 17.7 Å². The van der Waals surface area contributed by atoms with Crippen LogP contribution in [0.25, 0.3) is 0 Å². The van der Waals surface area contributed by atoms with E-state index in [2.05, 4.69) is 52.1 Å². The van der Waals surface area contributed by atoms with Crippen LogP contribution in [-0.4, -0.2) is 5.49 Å². The van der Waals surface area contributed by atoms with Crippen LogP contribution in [0.2, 0.25) is 13.1 Å². The van der Waals surface area contributed by atoms with Gasteiger partial charge in [-0.3, -0.25) is 12.2 Å². The van der Waals surface area contributed by atoms with E-state index in [1.807, 2.05) is 12.2 Å². The van der Waals surface area contributed by atoms with Crippen LogP contribution in [0.5, 0.6) is 0 Å². The van der Waals surface area contributed by atoms with Crippen molar-refractivity contribution in [2.24, 2.45) is 0 Å². The molecule has 0 fully saturated rings. The first-order chi connectivity index (χ1) is 7.95. The van der Waals surface area contributed by atoms with Gasteiger partial charge >= 0.3 is 41.6 Å². The number of halogens is 2. The minimum Gasteiger partial charge on any atom is -0.273 e. The SMILES string of the molecule is CC1=[C-]CC(C)=C1C.C[Si](C)=[Hf+2].Cl.Cl.[C-]1=CC=CC1. The first kappa shape index (κ1) is 24.6. The van der Waals surface area contributed by atoms with Crippen molar-refractivity contribution in [2.75, 3.05) is 0 Å². The van der Waals surface area contributed by atoms with Gasteiger partial charge in [0, 0.05) is 0 Å². The summed E-state index contributed by atoms with van der Waals surface area (Å²) in [6, 6.07) is 0. The molecule has 19 heavy (non-hydrogen) atoms. The molecule has 4 heteroatoms. The molecule has 2 aliphatic rings. The fourth-order valence-corrected chi connectivity index (χ4v) is 1.19. The standard InChI is InChI=1S/C8H11.C5H5.C2H6Si.2ClH.Hf/c1-6-4-5-7(2)8(6)3;1-2-4-5-3-1;1-3-2;;;/h4H2,1-3H3;1-3H,4H2;1-2H3;2*1H;/q2*-1;;;;+2. The maximum absolute atomic E-state index is 3.26. The molecule has 0 nitrogen and oxygen atoms in total. The van der Waals surface area contributed by atoms with E-state index in [0.717, 1.165) is 12.8 Å². The van der Waals surface area contributed by atoms with Crippen molar-refractivity contribution < 1.29 is 23.0 Å². The summed E-state index contributed by atoms with van der Waals surface area (Å²) in [6.07, 6.45) is 14.3. The van der Waals surface area contributed by atoms with Gasteiger partial charge in [-0.15, -0.1) is 44.6 Å². The summed E-state index contributed by atoms with van der Waals surface area (Å²) < 4.78 is 0. The second-order valence-electron chi connectivity index (χ2n) is 4.39. The van der Waals surface area contributed by atoms with Crippen LogP contribution in [0, 0.1) is 12.2 Å². The van der Waals surface area contributed by atoms with Gasteiger partial charge in [0.1, 0.15) is 0 Å². The summed E-state index contributed by atoms with van der Waals surface area (Å²) in [6.45, 7) is 11.1. The van der Waals surface area contributed by atoms with Crippen molar-refractivity contribution >= 4 is 30.3 Å². The average molecular weight is 482 g/mol. The van der Waals surface area contributed by atoms with Crippen molar-refractivity contribution in [1.29, 1.82) is 0 Å². The Kier molecular flexibility index (Phi) is 19.5. The first-order valence-corrected chi connectivity index (χ1v) is 13.8. The molecule has 0 unspecified atom stereocenters. The molecule has 0 spiro atoms. The van der Waals surface area contributed by atoms with Crippen LogP contribution in [0.15, 0.2) is 34.9 Å². The third-order valence-corrected chi connectivity index (χ3v) is 2.41. The van der Waals surface area contributed by atoms with E-state index in [9.17, 15) is 0 Å². The molecule has 0 aliphatic heterocycles. The maximum Gasteiger partial charge on any atom is -0.109 e. The molecule has 0 N–H and O–H groups in total. The van der Waals surface area contributed by atoms with Crippen LogP contribution in [0.4, 0.5) is 0 Å². The zero-order valence-corrected chi connectivity index (χ0v) is 18.7. The van der Waals surface area contributed by atoms with Crippen molar-refractivity contribution in [3.05, 3.63) is 47.1 Å². The van der Waals surface area contributed by atoms with Gasteiger partial charge < -0.3 is 0 Å². The fourth-order valence-electron chi connectivity index (χ4n) is 1.19. The zero-order valence-electron chi connectivity index (χ0n) is 12.5. The summed E-state index contributed by atoms with van der Waals surface area (Å²) >= 11 is 1.45. The Morgan fingerprint density at radius 1 is 1.16 bits per heavy atom. The monoisotopic (exact) mass is 482 g/mol. The Hall–Kier alpha value is 0.627. The van der Waals surface area contributed by atoms with Gasteiger partial charge in [-0.2, -0.15) is 17.2 Å². The van der Waals surface area contributed by atoms with E-state index in [1.165, 1.54) is 39.7 Å². The molecular weight excluding hydrogens is 458 g/mol. The second kappa shape index (κ2) is 15.0. The van der Waals surface area contributed by atoms with Gasteiger partial charge in [0.15, 0.2) is 0 Å². The Morgan fingerprint density at radius 3 is 1.79 bits per heavy atom. The van der Waals surface area contributed by atoms with Crippen LogP contribution in [0.3, 0.4) is 0 Å².